The zero-order chi connectivity index (χ0) is 11.1. The van der Waals surface area contributed by atoms with Gasteiger partial charge >= 0.3 is 5.63 Å². The molecule has 0 aromatic carbocycles. The monoisotopic (exact) mass is 222 g/mol. The first-order valence-electron chi connectivity index (χ1n) is 5.64. The summed E-state index contributed by atoms with van der Waals surface area (Å²) in [6.07, 6.45) is 6.28. The van der Waals surface area contributed by atoms with E-state index in [1.54, 1.807) is 6.26 Å². The molecule has 0 bridgehead atoms. The molecule has 82 valence electrons. The Morgan fingerprint density at radius 2 is 1.87 bits per heavy atom. The molecular formula is C12H18O2Si. The van der Waals surface area contributed by atoms with E-state index in [2.05, 4.69) is 19.6 Å². The first-order chi connectivity index (χ1) is 7.00. The molecule has 0 atom stereocenters. The molecule has 1 aliphatic carbocycles. The predicted molar refractivity (Wildman–Crippen MR) is 64.6 cm³/mol. The van der Waals surface area contributed by atoms with Crippen LogP contribution in [0.5, 0.6) is 0 Å². The molecule has 0 aliphatic heterocycles. The average molecular weight is 222 g/mol. The number of rotatable bonds is 1. The zero-order valence-corrected chi connectivity index (χ0v) is 10.7. The second-order valence-electron chi connectivity index (χ2n) is 5.36. The van der Waals surface area contributed by atoms with E-state index in [-0.39, 0.29) is 5.63 Å². The highest BCUT2D eigenvalue weighted by Crippen LogP contribution is 2.20. The van der Waals surface area contributed by atoms with Crippen LogP contribution in [-0.2, 0) is 12.8 Å². The van der Waals surface area contributed by atoms with Gasteiger partial charge in [-0.15, -0.1) is 0 Å². The Bertz CT molecular complexity index is 426. The molecule has 0 unspecified atom stereocenters. The Kier molecular flexibility index (Phi) is 2.59. The maximum absolute atomic E-state index is 11.8. The van der Waals surface area contributed by atoms with Crippen LogP contribution >= 0.6 is 0 Å². The van der Waals surface area contributed by atoms with Gasteiger partial charge in [-0.3, -0.25) is 0 Å². The fourth-order valence-corrected chi connectivity index (χ4v) is 4.27. The summed E-state index contributed by atoms with van der Waals surface area (Å²) in [5, 5.41) is 1.03. The largest absolute Gasteiger partial charge is 0.431 e. The lowest BCUT2D eigenvalue weighted by molar-refractivity contribution is 0.497. The van der Waals surface area contributed by atoms with Gasteiger partial charge in [0.05, 0.1) is 14.3 Å². The molecule has 0 N–H and O–H groups in total. The number of fused-ring (bicyclic) bond motifs is 1. The third-order valence-corrected chi connectivity index (χ3v) is 5.08. The van der Waals surface area contributed by atoms with Crippen LogP contribution in [0.15, 0.2) is 15.5 Å². The van der Waals surface area contributed by atoms with E-state index in [4.69, 9.17) is 4.42 Å². The van der Waals surface area contributed by atoms with Crippen LogP contribution in [0.3, 0.4) is 0 Å². The quantitative estimate of drug-likeness (QED) is 0.681. The lowest BCUT2D eigenvalue weighted by Gasteiger charge is -2.23. The summed E-state index contributed by atoms with van der Waals surface area (Å²) in [4.78, 5) is 11.8. The minimum Gasteiger partial charge on any atom is -0.431 e. The SMILES string of the molecule is C[Si](C)(C)c1c2c(coc1=O)CCCC2. The van der Waals surface area contributed by atoms with Crippen molar-refractivity contribution in [3.63, 3.8) is 0 Å². The summed E-state index contributed by atoms with van der Waals surface area (Å²) in [5.41, 5.74) is 2.50. The summed E-state index contributed by atoms with van der Waals surface area (Å²) >= 11 is 0. The molecule has 0 spiro atoms. The highest BCUT2D eigenvalue weighted by atomic mass is 28.3. The van der Waals surface area contributed by atoms with Crippen molar-refractivity contribution in [2.75, 3.05) is 0 Å². The molecule has 15 heavy (non-hydrogen) atoms. The van der Waals surface area contributed by atoms with E-state index in [1.807, 2.05) is 0 Å². The van der Waals surface area contributed by atoms with Gasteiger partial charge in [-0.05, 0) is 36.8 Å². The maximum atomic E-state index is 11.8. The smallest absolute Gasteiger partial charge is 0.335 e. The minimum absolute atomic E-state index is 0.0881. The fourth-order valence-electron chi connectivity index (χ4n) is 2.41. The Morgan fingerprint density at radius 3 is 2.53 bits per heavy atom. The van der Waals surface area contributed by atoms with Gasteiger partial charge in [-0.1, -0.05) is 19.6 Å². The molecule has 0 fully saturated rings. The highest BCUT2D eigenvalue weighted by Gasteiger charge is 2.27. The van der Waals surface area contributed by atoms with Gasteiger partial charge in [-0.2, -0.15) is 0 Å². The second-order valence-corrected chi connectivity index (χ2v) is 10.4. The number of hydrogen-bond acceptors (Lipinski definition) is 2. The van der Waals surface area contributed by atoms with Crippen LogP contribution < -0.4 is 10.8 Å². The zero-order valence-electron chi connectivity index (χ0n) is 9.72. The Balaban J connectivity index is 2.66. The summed E-state index contributed by atoms with van der Waals surface area (Å²) < 4.78 is 5.16. The maximum Gasteiger partial charge on any atom is 0.335 e. The molecule has 1 aromatic rings. The average Bonchev–Trinajstić information content (AvgIpc) is 2.15. The highest BCUT2D eigenvalue weighted by molar-refractivity contribution is 6.88. The van der Waals surface area contributed by atoms with Gasteiger partial charge < -0.3 is 4.42 Å². The van der Waals surface area contributed by atoms with Crippen molar-refractivity contribution in [1.29, 1.82) is 0 Å². The van der Waals surface area contributed by atoms with Crippen molar-refractivity contribution in [3.05, 3.63) is 27.8 Å². The minimum atomic E-state index is -1.56. The lowest BCUT2D eigenvalue weighted by Crippen LogP contribution is -2.50. The Labute approximate surface area is 91.3 Å². The molecule has 2 nitrogen and oxygen atoms in total. The third kappa shape index (κ3) is 1.93. The van der Waals surface area contributed by atoms with E-state index in [0.717, 1.165) is 18.0 Å². The van der Waals surface area contributed by atoms with Crippen LogP contribution in [0.1, 0.15) is 24.0 Å². The summed E-state index contributed by atoms with van der Waals surface area (Å²) in [6.45, 7) is 6.65. The molecule has 0 amide bonds. The van der Waals surface area contributed by atoms with E-state index in [0.29, 0.717) is 0 Å². The van der Waals surface area contributed by atoms with Crippen molar-refractivity contribution >= 4 is 13.3 Å². The summed E-state index contributed by atoms with van der Waals surface area (Å²) in [5.74, 6) is 0. The molecule has 0 radical (unpaired) electrons. The standard InChI is InChI=1S/C12H18O2Si/c1-15(2,3)11-10-7-5-4-6-9(10)8-14-12(11)13/h8H,4-7H2,1-3H3. The fraction of sp³-hybridized carbons (Fsp3) is 0.583. The summed E-state index contributed by atoms with van der Waals surface area (Å²) in [7, 11) is -1.56. The predicted octanol–water partition coefficient (Wildman–Crippen LogP) is 2.06. The third-order valence-electron chi connectivity index (χ3n) is 3.07. The van der Waals surface area contributed by atoms with Crippen LogP contribution in [-0.4, -0.2) is 8.07 Å². The van der Waals surface area contributed by atoms with Gasteiger partial charge in [0.2, 0.25) is 0 Å². The second kappa shape index (κ2) is 3.63. The van der Waals surface area contributed by atoms with Gasteiger partial charge in [0.15, 0.2) is 0 Å². The Hall–Kier alpha value is -0.833. The van der Waals surface area contributed by atoms with E-state index in [1.165, 1.54) is 24.0 Å². The van der Waals surface area contributed by atoms with Crippen molar-refractivity contribution in [2.45, 2.75) is 45.3 Å². The van der Waals surface area contributed by atoms with E-state index < -0.39 is 8.07 Å². The molecule has 0 saturated carbocycles. The van der Waals surface area contributed by atoms with Crippen LogP contribution in [0.2, 0.25) is 19.6 Å². The van der Waals surface area contributed by atoms with Gasteiger partial charge in [0.25, 0.3) is 0 Å². The van der Waals surface area contributed by atoms with Gasteiger partial charge in [0, 0.05) is 5.19 Å². The normalized spacial score (nSPS) is 16.2. The lowest BCUT2D eigenvalue weighted by atomic mass is 9.94. The Morgan fingerprint density at radius 1 is 1.20 bits per heavy atom. The van der Waals surface area contributed by atoms with Crippen molar-refractivity contribution in [2.24, 2.45) is 0 Å². The topological polar surface area (TPSA) is 30.2 Å². The molecule has 1 aliphatic rings. The van der Waals surface area contributed by atoms with Crippen LogP contribution in [0.25, 0.3) is 0 Å². The molecule has 1 aromatic heterocycles. The molecule has 1 heterocycles. The molecular weight excluding hydrogens is 204 g/mol. The van der Waals surface area contributed by atoms with Gasteiger partial charge in [0.1, 0.15) is 0 Å². The number of hydrogen-bond donors (Lipinski definition) is 0. The van der Waals surface area contributed by atoms with Crippen LogP contribution in [0.4, 0.5) is 0 Å². The van der Waals surface area contributed by atoms with Crippen LogP contribution in [0, 0.1) is 0 Å². The molecule has 2 rings (SSSR count). The van der Waals surface area contributed by atoms with Crippen molar-refractivity contribution in [3.8, 4) is 0 Å². The van der Waals surface area contributed by atoms with E-state index >= 15 is 0 Å². The molecule has 3 heteroatoms. The molecule has 0 saturated heterocycles. The van der Waals surface area contributed by atoms with Gasteiger partial charge in [-0.25, -0.2) is 4.79 Å². The van der Waals surface area contributed by atoms with E-state index in [9.17, 15) is 4.79 Å². The summed E-state index contributed by atoms with van der Waals surface area (Å²) in [6, 6.07) is 0. The number of aryl methyl sites for hydroxylation is 1. The first-order valence-corrected chi connectivity index (χ1v) is 9.14. The van der Waals surface area contributed by atoms with Crippen molar-refractivity contribution in [1.82, 2.24) is 0 Å². The first kappa shape index (κ1) is 10.7. The van der Waals surface area contributed by atoms with Crippen molar-refractivity contribution < 1.29 is 4.42 Å².